The molecule has 1 N–H and O–H groups in total. The summed E-state index contributed by atoms with van der Waals surface area (Å²) in [7, 11) is 0. The van der Waals surface area contributed by atoms with Crippen LogP contribution in [-0.4, -0.2) is 36.3 Å². The van der Waals surface area contributed by atoms with E-state index in [0.717, 1.165) is 0 Å². The molecule has 1 aliphatic rings. The highest BCUT2D eigenvalue weighted by Crippen LogP contribution is 2.26. The second-order valence-corrected chi connectivity index (χ2v) is 5.85. The van der Waals surface area contributed by atoms with Gasteiger partial charge in [-0.2, -0.15) is 5.26 Å². The molecule has 2 heterocycles. The topological polar surface area (TPSA) is 63.4 Å². The Morgan fingerprint density at radius 3 is 2.54 bits per heavy atom. The van der Waals surface area contributed by atoms with Gasteiger partial charge in [0, 0.05) is 32.4 Å². The van der Waals surface area contributed by atoms with E-state index in [-0.39, 0.29) is 5.82 Å². The quantitative estimate of drug-likeness (QED) is 0.939. The molecule has 1 aliphatic heterocycles. The van der Waals surface area contributed by atoms with Crippen LogP contribution < -0.4 is 9.80 Å². The number of piperazine rings is 1. The third-order valence-electron chi connectivity index (χ3n) is 4.28. The van der Waals surface area contributed by atoms with Gasteiger partial charge in [0.2, 0.25) is 0 Å². The van der Waals surface area contributed by atoms with Crippen molar-refractivity contribution in [1.29, 1.82) is 5.26 Å². The summed E-state index contributed by atoms with van der Waals surface area (Å²) in [6.45, 7) is 4.25. The lowest BCUT2D eigenvalue weighted by molar-refractivity contribution is 0.199. The van der Waals surface area contributed by atoms with Crippen molar-refractivity contribution >= 4 is 11.5 Å². The van der Waals surface area contributed by atoms with Crippen LogP contribution in [0.25, 0.3) is 0 Å². The summed E-state index contributed by atoms with van der Waals surface area (Å²) in [5.74, 6) is 0.363. The average molecular weight is 326 g/mol. The Morgan fingerprint density at radius 2 is 1.92 bits per heavy atom. The molecule has 1 aromatic heterocycles. The molecule has 1 atom stereocenters. The van der Waals surface area contributed by atoms with Gasteiger partial charge in [-0.3, -0.25) is 0 Å². The zero-order chi connectivity index (χ0) is 17.1. The fourth-order valence-corrected chi connectivity index (χ4v) is 2.93. The van der Waals surface area contributed by atoms with E-state index in [9.17, 15) is 14.8 Å². The predicted octanol–water partition coefficient (Wildman–Crippen LogP) is 2.47. The summed E-state index contributed by atoms with van der Waals surface area (Å²) in [6, 6.07) is 10.5. The van der Waals surface area contributed by atoms with Crippen molar-refractivity contribution in [2.45, 2.75) is 13.0 Å². The van der Waals surface area contributed by atoms with Crippen molar-refractivity contribution in [3.05, 3.63) is 53.5 Å². The van der Waals surface area contributed by atoms with Gasteiger partial charge >= 0.3 is 0 Å². The maximum atomic E-state index is 14.3. The lowest BCUT2D eigenvalue weighted by Crippen LogP contribution is -2.47. The molecule has 0 bridgehead atoms. The first-order valence-corrected chi connectivity index (χ1v) is 7.92. The number of benzene rings is 1. The Bertz CT molecular complexity index is 764. The Hall–Kier alpha value is -2.65. The molecule has 0 amide bonds. The number of aromatic nitrogens is 1. The monoisotopic (exact) mass is 326 g/mol. The van der Waals surface area contributed by atoms with Gasteiger partial charge in [-0.15, -0.1) is 0 Å². The molecule has 124 valence electrons. The van der Waals surface area contributed by atoms with Crippen molar-refractivity contribution in [1.82, 2.24) is 4.98 Å². The van der Waals surface area contributed by atoms with Crippen LogP contribution in [0.4, 0.5) is 15.9 Å². The van der Waals surface area contributed by atoms with Gasteiger partial charge in [-0.25, -0.2) is 9.37 Å². The number of nitrogens with zero attached hydrogens (tertiary/aromatic N) is 4. The third-order valence-corrected chi connectivity index (χ3v) is 4.28. The van der Waals surface area contributed by atoms with E-state index in [1.807, 2.05) is 4.90 Å². The normalized spacial score (nSPS) is 15.9. The first-order valence-electron chi connectivity index (χ1n) is 7.92. The second-order valence-electron chi connectivity index (χ2n) is 5.85. The number of nitriles is 1. The highest BCUT2D eigenvalue weighted by atomic mass is 19.1. The van der Waals surface area contributed by atoms with Gasteiger partial charge in [0.15, 0.2) is 0 Å². The van der Waals surface area contributed by atoms with Crippen molar-refractivity contribution in [3.8, 4) is 6.07 Å². The highest BCUT2D eigenvalue weighted by molar-refractivity contribution is 5.56. The number of hydrogen-bond donors (Lipinski definition) is 1. The number of aliphatic hydroxyl groups excluding tert-OH is 1. The SMILES string of the molecule is CC(O)c1ccc(N2CCN(c3ncccc3C#N)CC2)c(F)c1. The first kappa shape index (κ1) is 16.2. The molecular formula is C18H19FN4O. The zero-order valence-corrected chi connectivity index (χ0v) is 13.5. The number of pyridine rings is 1. The first-order chi connectivity index (χ1) is 11.6. The van der Waals surface area contributed by atoms with Crippen molar-refractivity contribution < 1.29 is 9.50 Å². The van der Waals surface area contributed by atoms with Gasteiger partial charge in [0.05, 0.1) is 17.4 Å². The van der Waals surface area contributed by atoms with Crippen LogP contribution in [-0.2, 0) is 0 Å². The van der Waals surface area contributed by atoms with E-state index in [0.29, 0.717) is 48.8 Å². The predicted molar refractivity (Wildman–Crippen MR) is 90.4 cm³/mol. The maximum absolute atomic E-state index is 14.3. The third kappa shape index (κ3) is 3.17. The van der Waals surface area contributed by atoms with Crippen molar-refractivity contribution in [2.24, 2.45) is 0 Å². The van der Waals surface area contributed by atoms with Gasteiger partial charge in [-0.1, -0.05) is 6.07 Å². The van der Waals surface area contributed by atoms with Crippen LogP contribution in [0.1, 0.15) is 24.2 Å². The van der Waals surface area contributed by atoms with Crippen molar-refractivity contribution in [3.63, 3.8) is 0 Å². The van der Waals surface area contributed by atoms with Crippen LogP contribution in [0.5, 0.6) is 0 Å². The molecule has 0 aliphatic carbocycles. The molecular weight excluding hydrogens is 307 g/mol. The molecule has 1 fully saturated rings. The van der Waals surface area contributed by atoms with E-state index in [1.165, 1.54) is 6.07 Å². The molecule has 0 spiro atoms. The minimum absolute atomic E-state index is 0.322. The van der Waals surface area contributed by atoms with Gasteiger partial charge < -0.3 is 14.9 Å². The zero-order valence-electron chi connectivity index (χ0n) is 13.5. The van der Waals surface area contributed by atoms with E-state index < -0.39 is 6.10 Å². The molecule has 6 heteroatoms. The molecule has 24 heavy (non-hydrogen) atoms. The fourth-order valence-electron chi connectivity index (χ4n) is 2.93. The van der Waals surface area contributed by atoms with Crippen LogP contribution >= 0.6 is 0 Å². The Balaban J connectivity index is 1.73. The summed E-state index contributed by atoms with van der Waals surface area (Å²) in [5.41, 5.74) is 1.67. The standard InChI is InChI=1S/C18H19FN4O/c1-13(24)14-4-5-17(16(19)11-14)22-7-9-23(10-8-22)18-15(12-20)3-2-6-21-18/h2-6,11,13,24H,7-10H2,1H3. The summed E-state index contributed by atoms with van der Waals surface area (Å²) < 4.78 is 14.3. The average Bonchev–Trinajstić information content (AvgIpc) is 2.61. The van der Waals surface area contributed by atoms with Gasteiger partial charge in [-0.05, 0) is 36.8 Å². The highest BCUT2D eigenvalue weighted by Gasteiger charge is 2.22. The van der Waals surface area contributed by atoms with Crippen molar-refractivity contribution in [2.75, 3.05) is 36.0 Å². The molecule has 2 aromatic rings. The van der Waals surface area contributed by atoms with Crippen LogP contribution in [0.2, 0.25) is 0 Å². The van der Waals surface area contributed by atoms with Crippen LogP contribution in [0.15, 0.2) is 36.5 Å². The Labute approximate surface area is 140 Å². The van der Waals surface area contributed by atoms with E-state index in [2.05, 4.69) is 16.0 Å². The fraction of sp³-hybridized carbons (Fsp3) is 0.333. The number of anilines is 2. The summed E-state index contributed by atoms with van der Waals surface area (Å²) in [5, 5.41) is 18.7. The molecule has 5 nitrogen and oxygen atoms in total. The Morgan fingerprint density at radius 1 is 1.21 bits per heavy atom. The van der Waals surface area contributed by atoms with E-state index in [1.54, 1.807) is 37.4 Å². The molecule has 0 radical (unpaired) electrons. The number of halogens is 1. The minimum atomic E-state index is -0.682. The summed E-state index contributed by atoms with van der Waals surface area (Å²) in [6.07, 6.45) is 0.996. The molecule has 3 rings (SSSR count). The molecule has 1 aromatic carbocycles. The van der Waals surface area contributed by atoms with E-state index >= 15 is 0 Å². The number of rotatable bonds is 3. The van der Waals surface area contributed by atoms with Gasteiger partial charge in [0.25, 0.3) is 0 Å². The van der Waals surface area contributed by atoms with E-state index in [4.69, 9.17) is 0 Å². The number of hydrogen-bond acceptors (Lipinski definition) is 5. The van der Waals surface area contributed by atoms with Crippen LogP contribution in [0.3, 0.4) is 0 Å². The number of aliphatic hydroxyl groups is 1. The smallest absolute Gasteiger partial charge is 0.146 e. The molecule has 0 saturated carbocycles. The summed E-state index contributed by atoms with van der Waals surface area (Å²) in [4.78, 5) is 8.33. The summed E-state index contributed by atoms with van der Waals surface area (Å²) >= 11 is 0. The molecule has 1 unspecified atom stereocenters. The molecule has 1 saturated heterocycles. The van der Waals surface area contributed by atoms with Crippen LogP contribution in [0, 0.1) is 17.1 Å². The minimum Gasteiger partial charge on any atom is -0.389 e. The largest absolute Gasteiger partial charge is 0.389 e. The lowest BCUT2D eigenvalue weighted by atomic mass is 10.1. The maximum Gasteiger partial charge on any atom is 0.146 e. The van der Waals surface area contributed by atoms with Gasteiger partial charge in [0.1, 0.15) is 17.7 Å². The lowest BCUT2D eigenvalue weighted by Gasteiger charge is -2.37. The second kappa shape index (κ2) is 6.85. The Kier molecular flexibility index (Phi) is 4.63.